The minimum Gasteiger partial charge on any atom is -0.255 e. The van der Waals surface area contributed by atoms with Crippen LogP contribution >= 0.6 is 31.9 Å². The first-order valence-corrected chi connectivity index (χ1v) is 5.47. The number of nitrogens with zero attached hydrogens (tertiary/aromatic N) is 1. The lowest BCUT2D eigenvalue weighted by atomic mass is 10.1. The van der Waals surface area contributed by atoms with Crippen molar-refractivity contribution in [2.75, 3.05) is 0 Å². The van der Waals surface area contributed by atoms with Gasteiger partial charge in [-0.25, -0.2) is 0 Å². The highest BCUT2D eigenvalue weighted by molar-refractivity contribution is 9.13. The van der Waals surface area contributed by atoms with Gasteiger partial charge in [-0.15, -0.1) is 0 Å². The standard InChI is InChI=1S/C10H7Br2N/c1-6-2-3-9-7(4-6)10(12)8(11)5-13-9/h2-5H,1H3. The quantitative estimate of drug-likeness (QED) is 0.715. The van der Waals surface area contributed by atoms with Crippen LogP contribution in [-0.2, 0) is 0 Å². The Kier molecular flexibility index (Phi) is 2.39. The van der Waals surface area contributed by atoms with Gasteiger partial charge in [0, 0.05) is 16.1 Å². The molecule has 66 valence electrons. The van der Waals surface area contributed by atoms with Crippen LogP contribution in [0, 0.1) is 6.92 Å². The molecular weight excluding hydrogens is 294 g/mol. The highest BCUT2D eigenvalue weighted by atomic mass is 79.9. The molecule has 0 bridgehead atoms. The third-order valence-corrected chi connectivity index (χ3v) is 3.90. The third kappa shape index (κ3) is 1.63. The number of halogens is 2. The predicted molar refractivity (Wildman–Crippen MR) is 61.9 cm³/mol. The van der Waals surface area contributed by atoms with Gasteiger partial charge in [0.15, 0.2) is 0 Å². The van der Waals surface area contributed by atoms with Gasteiger partial charge in [-0.1, -0.05) is 11.6 Å². The van der Waals surface area contributed by atoms with Gasteiger partial charge in [-0.2, -0.15) is 0 Å². The van der Waals surface area contributed by atoms with Gasteiger partial charge in [-0.3, -0.25) is 4.98 Å². The molecule has 0 atom stereocenters. The van der Waals surface area contributed by atoms with Crippen molar-refractivity contribution in [1.29, 1.82) is 0 Å². The van der Waals surface area contributed by atoms with E-state index in [9.17, 15) is 0 Å². The van der Waals surface area contributed by atoms with E-state index in [1.807, 2.05) is 12.3 Å². The lowest BCUT2D eigenvalue weighted by Gasteiger charge is -2.02. The molecule has 1 heterocycles. The van der Waals surface area contributed by atoms with Gasteiger partial charge in [0.2, 0.25) is 0 Å². The zero-order valence-electron chi connectivity index (χ0n) is 7.01. The molecule has 0 aliphatic rings. The fraction of sp³-hybridized carbons (Fsp3) is 0.100. The Balaban J connectivity index is 2.89. The molecule has 0 spiro atoms. The summed E-state index contributed by atoms with van der Waals surface area (Å²) in [6, 6.07) is 6.22. The molecule has 0 radical (unpaired) electrons. The van der Waals surface area contributed by atoms with E-state index in [1.165, 1.54) is 5.56 Å². The van der Waals surface area contributed by atoms with Crippen LogP contribution in [0.1, 0.15) is 5.56 Å². The van der Waals surface area contributed by atoms with E-state index in [4.69, 9.17) is 0 Å². The van der Waals surface area contributed by atoms with Crippen LogP contribution in [0.5, 0.6) is 0 Å². The Morgan fingerprint density at radius 3 is 2.77 bits per heavy atom. The second-order valence-corrected chi connectivity index (χ2v) is 4.59. The summed E-state index contributed by atoms with van der Waals surface area (Å²) in [4.78, 5) is 4.31. The van der Waals surface area contributed by atoms with Gasteiger partial charge in [0.05, 0.1) is 9.99 Å². The molecule has 2 aromatic rings. The van der Waals surface area contributed by atoms with Crippen LogP contribution < -0.4 is 0 Å². The SMILES string of the molecule is Cc1ccc2ncc(Br)c(Br)c2c1. The Labute approximate surface area is 93.4 Å². The smallest absolute Gasteiger partial charge is 0.0714 e. The molecule has 0 amide bonds. The monoisotopic (exact) mass is 299 g/mol. The number of benzene rings is 1. The Morgan fingerprint density at radius 2 is 2.00 bits per heavy atom. The van der Waals surface area contributed by atoms with Gasteiger partial charge >= 0.3 is 0 Å². The molecular formula is C10H7Br2N. The van der Waals surface area contributed by atoms with Crippen molar-refractivity contribution in [3.8, 4) is 0 Å². The number of rotatable bonds is 0. The van der Waals surface area contributed by atoms with Gasteiger partial charge < -0.3 is 0 Å². The van der Waals surface area contributed by atoms with Crippen LogP contribution in [0.3, 0.4) is 0 Å². The second kappa shape index (κ2) is 3.39. The summed E-state index contributed by atoms with van der Waals surface area (Å²) in [6.07, 6.45) is 1.81. The molecule has 1 nitrogen and oxygen atoms in total. The topological polar surface area (TPSA) is 12.9 Å². The summed E-state index contributed by atoms with van der Waals surface area (Å²) in [6.45, 7) is 2.08. The Morgan fingerprint density at radius 1 is 1.23 bits per heavy atom. The van der Waals surface area contributed by atoms with Gasteiger partial charge in [0.25, 0.3) is 0 Å². The van der Waals surface area contributed by atoms with E-state index in [-0.39, 0.29) is 0 Å². The maximum Gasteiger partial charge on any atom is 0.0714 e. The van der Waals surface area contributed by atoms with E-state index in [1.54, 1.807) is 0 Å². The Hall–Kier alpha value is -0.410. The largest absolute Gasteiger partial charge is 0.255 e. The third-order valence-electron chi connectivity index (χ3n) is 1.92. The minimum absolute atomic E-state index is 0.991. The van der Waals surface area contributed by atoms with Crippen LogP contribution in [0.2, 0.25) is 0 Å². The van der Waals surface area contributed by atoms with Crippen LogP contribution in [0.4, 0.5) is 0 Å². The molecule has 0 N–H and O–H groups in total. The predicted octanol–water partition coefficient (Wildman–Crippen LogP) is 4.07. The number of hydrogen-bond donors (Lipinski definition) is 0. The lowest BCUT2D eigenvalue weighted by molar-refractivity contribution is 1.36. The summed E-state index contributed by atoms with van der Waals surface area (Å²) in [5.41, 5.74) is 2.26. The average Bonchev–Trinajstić information content (AvgIpc) is 2.12. The average molecular weight is 301 g/mol. The zero-order chi connectivity index (χ0) is 9.42. The van der Waals surface area contributed by atoms with Crippen molar-refractivity contribution in [2.45, 2.75) is 6.92 Å². The molecule has 3 heteroatoms. The highest BCUT2D eigenvalue weighted by Crippen LogP contribution is 2.30. The summed E-state index contributed by atoms with van der Waals surface area (Å²) >= 11 is 6.96. The van der Waals surface area contributed by atoms with Crippen molar-refractivity contribution in [2.24, 2.45) is 0 Å². The van der Waals surface area contributed by atoms with Crippen LogP contribution in [0.15, 0.2) is 33.3 Å². The van der Waals surface area contributed by atoms with Crippen LogP contribution in [0.25, 0.3) is 10.9 Å². The van der Waals surface area contributed by atoms with Crippen molar-refractivity contribution in [3.63, 3.8) is 0 Å². The fourth-order valence-corrected chi connectivity index (χ4v) is 1.99. The van der Waals surface area contributed by atoms with E-state index in [0.717, 1.165) is 19.8 Å². The molecule has 0 unspecified atom stereocenters. The first kappa shape index (κ1) is 9.16. The van der Waals surface area contributed by atoms with E-state index in [2.05, 4.69) is 55.9 Å². The molecule has 13 heavy (non-hydrogen) atoms. The van der Waals surface area contributed by atoms with Crippen molar-refractivity contribution >= 4 is 42.8 Å². The van der Waals surface area contributed by atoms with E-state index in [0.29, 0.717) is 0 Å². The summed E-state index contributed by atoms with van der Waals surface area (Å²) in [5, 5.41) is 1.15. The summed E-state index contributed by atoms with van der Waals surface area (Å²) in [5.74, 6) is 0. The maximum absolute atomic E-state index is 4.31. The number of pyridine rings is 1. The molecule has 0 saturated carbocycles. The van der Waals surface area contributed by atoms with E-state index < -0.39 is 0 Å². The van der Waals surface area contributed by atoms with Crippen LogP contribution in [-0.4, -0.2) is 4.98 Å². The van der Waals surface area contributed by atoms with Gasteiger partial charge in [-0.05, 0) is 50.9 Å². The molecule has 0 aliphatic heterocycles. The Bertz CT molecular complexity index is 460. The lowest BCUT2D eigenvalue weighted by Crippen LogP contribution is -1.82. The van der Waals surface area contributed by atoms with Crippen molar-refractivity contribution < 1.29 is 0 Å². The highest BCUT2D eigenvalue weighted by Gasteiger charge is 2.03. The van der Waals surface area contributed by atoms with Gasteiger partial charge in [0.1, 0.15) is 0 Å². The number of aromatic nitrogens is 1. The number of hydrogen-bond acceptors (Lipinski definition) is 1. The first-order valence-electron chi connectivity index (χ1n) is 3.89. The molecule has 2 rings (SSSR count). The molecule has 0 fully saturated rings. The summed E-state index contributed by atoms with van der Waals surface area (Å²) < 4.78 is 2.06. The van der Waals surface area contributed by atoms with Crippen molar-refractivity contribution in [1.82, 2.24) is 4.98 Å². The minimum atomic E-state index is 0.991. The van der Waals surface area contributed by atoms with E-state index >= 15 is 0 Å². The molecule has 1 aromatic heterocycles. The number of fused-ring (bicyclic) bond motifs is 1. The maximum atomic E-state index is 4.31. The second-order valence-electron chi connectivity index (χ2n) is 2.94. The van der Waals surface area contributed by atoms with Crippen molar-refractivity contribution in [3.05, 3.63) is 38.9 Å². The number of aryl methyl sites for hydroxylation is 1. The molecule has 1 aromatic carbocycles. The molecule has 0 saturated heterocycles. The first-order chi connectivity index (χ1) is 6.18. The molecule has 0 aliphatic carbocycles. The zero-order valence-corrected chi connectivity index (χ0v) is 10.2. The normalized spacial score (nSPS) is 10.7. The summed E-state index contributed by atoms with van der Waals surface area (Å²) in [7, 11) is 0. The fourth-order valence-electron chi connectivity index (χ4n) is 1.25.